The normalized spacial score (nSPS) is 28.3. The number of anilines is 9. The molecule has 0 aromatic carbocycles. The van der Waals surface area contributed by atoms with E-state index in [1.54, 1.807) is 42.6 Å². The average Bonchev–Trinajstić information content (AvgIpc) is 1.58. The van der Waals surface area contributed by atoms with Crippen LogP contribution in [0.5, 0.6) is 0 Å². The molecule has 19 atom stereocenters. The van der Waals surface area contributed by atoms with Crippen LogP contribution in [0.2, 0.25) is 5.15 Å². The summed E-state index contributed by atoms with van der Waals surface area (Å²) in [6, 6.07) is 1.58. The molecule has 696 valence electrons. The number of nitrogens with two attached hydrogens (primary N) is 3. The maximum atomic E-state index is 15.2. The summed E-state index contributed by atoms with van der Waals surface area (Å²) in [6.45, 7) is 14.5. The Morgan fingerprint density at radius 3 is 1.02 bits per heavy atom. The van der Waals surface area contributed by atoms with Crippen molar-refractivity contribution in [1.82, 2.24) is 97.6 Å². The molecule has 2 amide bonds. The van der Waals surface area contributed by atoms with Crippen molar-refractivity contribution < 1.29 is 85.9 Å². The number of aliphatic hydroxyl groups is 6. The number of ether oxygens (including phenoxy) is 5. The summed E-state index contributed by atoms with van der Waals surface area (Å²) in [6.07, 6.45) is 0.158. The van der Waals surface area contributed by atoms with Gasteiger partial charge in [-0.1, -0.05) is 73.9 Å². The van der Waals surface area contributed by atoms with Gasteiger partial charge in [-0.2, -0.15) is 49.8 Å². The Balaban J connectivity index is 0.000000124. The quantitative estimate of drug-likeness (QED) is 0.0255. The zero-order valence-corrected chi connectivity index (χ0v) is 73.7. The molecule has 14 N–H and O–H groups in total. The number of hydrogen-bond donors (Lipinski definition) is 11. The van der Waals surface area contributed by atoms with Gasteiger partial charge in [0.1, 0.15) is 35.5 Å². The Labute approximate surface area is 735 Å². The van der Waals surface area contributed by atoms with Gasteiger partial charge in [-0.25, -0.2) is 46.9 Å². The first-order valence-electron chi connectivity index (χ1n) is 43.1. The molecule has 0 spiro atoms. The predicted molar refractivity (Wildman–Crippen MR) is 459 cm³/mol. The van der Waals surface area contributed by atoms with Crippen molar-refractivity contribution in [3.05, 3.63) is 36.8 Å². The van der Waals surface area contributed by atoms with Crippen LogP contribution in [0.1, 0.15) is 158 Å². The molecular formula is C80H111ClF5N29O13. The molecule has 15 heterocycles. The molecule has 4 aliphatic carbocycles. The van der Waals surface area contributed by atoms with Gasteiger partial charge in [0.05, 0.1) is 70.3 Å². The minimum atomic E-state index is -1.74. The van der Waals surface area contributed by atoms with E-state index in [0.717, 1.165) is 64.2 Å². The number of rotatable bonds is 23. The molecule has 10 aromatic heterocycles. The maximum Gasteiger partial charge on any atom is 0.233 e. The van der Waals surface area contributed by atoms with Crippen LogP contribution >= 0.6 is 11.6 Å². The lowest BCUT2D eigenvalue weighted by Gasteiger charge is -2.28. The van der Waals surface area contributed by atoms with Gasteiger partial charge in [-0.3, -0.25) is 43.1 Å². The first-order valence-corrected chi connectivity index (χ1v) is 43.4. The van der Waals surface area contributed by atoms with E-state index >= 15 is 8.78 Å². The van der Waals surface area contributed by atoms with E-state index in [2.05, 4.69) is 95.2 Å². The number of halogens is 6. The summed E-state index contributed by atoms with van der Waals surface area (Å²) in [4.78, 5) is 97.0. The van der Waals surface area contributed by atoms with Gasteiger partial charge in [-0.15, -0.1) is 0 Å². The van der Waals surface area contributed by atoms with Crippen LogP contribution in [0, 0.1) is 29.6 Å². The van der Waals surface area contributed by atoms with Crippen molar-refractivity contribution >= 4 is 132 Å². The molecule has 4 saturated carbocycles. The van der Waals surface area contributed by atoms with Gasteiger partial charge >= 0.3 is 0 Å². The van der Waals surface area contributed by atoms with E-state index in [9.17, 15) is 48.3 Å². The highest BCUT2D eigenvalue weighted by atomic mass is 35.5. The number of aromatic nitrogens is 20. The zero-order chi connectivity index (χ0) is 91.8. The van der Waals surface area contributed by atoms with Crippen LogP contribution in [-0.2, 0) is 33.3 Å². The molecule has 5 aliphatic heterocycles. The smallest absolute Gasteiger partial charge is 0.233 e. The van der Waals surface area contributed by atoms with E-state index in [4.69, 9.17) is 57.6 Å². The van der Waals surface area contributed by atoms with E-state index in [1.165, 1.54) is 32.7 Å². The molecule has 0 radical (unpaired) electrons. The fourth-order valence-electron chi connectivity index (χ4n) is 16.4. The van der Waals surface area contributed by atoms with Crippen molar-refractivity contribution in [3.8, 4) is 0 Å². The van der Waals surface area contributed by atoms with Gasteiger partial charge in [0.15, 0.2) is 141 Å². The molecular weight excluding hydrogens is 1710 g/mol. The number of nitrogens with one attached hydrogen (secondary N) is 2. The third-order valence-electron chi connectivity index (χ3n) is 25.2. The lowest BCUT2D eigenvalue weighted by atomic mass is 9.89. The van der Waals surface area contributed by atoms with Gasteiger partial charge in [-0.05, 0) is 64.2 Å². The number of carbonyl (C=O) groups is 2. The van der Waals surface area contributed by atoms with E-state index < -0.39 is 124 Å². The summed E-state index contributed by atoms with van der Waals surface area (Å²) >= 11 is 5.87. The molecule has 19 rings (SSSR count). The Morgan fingerprint density at radius 1 is 0.445 bits per heavy atom. The van der Waals surface area contributed by atoms with E-state index in [1.807, 2.05) is 79.5 Å². The lowest BCUT2D eigenvalue weighted by Crippen LogP contribution is -2.43. The Kier molecular flexibility index (Phi) is 27.0. The third-order valence-corrected chi connectivity index (χ3v) is 25.5. The van der Waals surface area contributed by atoms with Gasteiger partial charge in [0.2, 0.25) is 41.6 Å². The Hall–Kier alpha value is -10.2. The molecule has 42 nitrogen and oxygen atoms in total. The minimum Gasteiger partial charge on any atom is -0.394 e. The summed E-state index contributed by atoms with van der Waals surface area (Å²) < 4.78 is 109. The van der Waals surface area contributed by atoms with Crippen molar-refractivity contribution in [1.29, 1.82) is 0 Å². The Morgan fingerprint density at radius 2 is 0.734 bits per heavy atom. The predicted octanol–water partition coefficient (Wildman–Crippen LogP) is 6.08. The maximum absolute atomic E-state index is 15.2. The fourth-order valence-corrected chi connectivity index (χ4v) is 16.6. The van der Waals surface area contributed by atoms with Gasteiger partial charge < -0.3 is 91.1 Å². The van der Waals surface area contributed by atoms with Crippen molar-refractivity contribution in [2.75, 3.05) is 102 Å². The molecule has 128 heavy (non-hydrogen) atoms. The number of hydrogen-bond acceptors (Lipinski definition) is 35. The number of aliphatic hydroxyl groups excluding tert-OH is 6. The highest BCUT2D eigenvalue weighted by Crippen LogP contribution is 2.48. The first kappa shape index (κ1) is 92.5. The second-order valence-electron chi connectivity index (χ2n) is 34.7. The summed E-state index contributed by atoms with van der Waals surface area (Å²) in [7, 11) is 7.76. The van der Waals surface area contributed by atoms with Gasteiger partial charge in [0.25, 0.3) is 0 Å². The number of carbonyl (C=O) groups excluding carboxylic acids is 2. The monoisotopic (exact) mass is 1820 g/mol. The molecule has 48 heteroatoms. The molecule has 5 saturated heterocycles. The van der Waals surface area contributed by atoms with E-state index in [0.29, 0.717) is 92.1 Å². The molecule has 0 bridgehead atoms. The van der Waals surface area contributed by atoms with Crippen LogP contribution in [0.4, 0.5) is 75.0 Å². The van der Waals surface area contributed by atoms with Crippen molar-refractivity contribution in [3.63, 3.8) is 0 Å². The van der Waals surface area contributed by atoms with Crippen molar-refractivity contribution in [2.45, 2.75) is 255 Å². The second-order valence-corrected chi connectivity index (χ2v) is 35.1. The van der Waals surface area contributed by atoms with Crippen molar-refractivity contribution in [2.24, 2.45) is 29.6 Å². The van der Waals surface area contributed by atoms with E-state index in [-0.39, 0.29) is 93.8 Å². The SMILES string of the molecule is CC(C)C(=O)Nc1nc(N(C)C2CC2)c2ncn([C@@H]3OC(CO)(CO)[C@@H](C)[C@H]3F)c2n1.CC[C@H]1O[C@@H](n2cnc3c(N(C)C4CC4)nc(N)nc32)[C@H](F)[C@@H]1C.CC[C@H]1O[C@@H](n2cnc3c(N(C)C4CC4)nc(NC(=O)C(C)C)nc32)[C@H](F)[C@@H]1C.CN(c1nc(N)nc2c1ncn2[C@@H]1O[C@H](CO)[C@@H](O)[C@H]1F)C1CC1.Nc1nc(Cl)c2ncn([C@@H]3O[C@H](CO)[C@@H](O)[C@H]3F)c2n1. The van der Waals surface area contributed by atoms with Crippen LogP contribution in [0.3, 0.4) is 0 Å². The second kappa shape index (κ2) is 37.3. The number of amides is 2. The first-order chi connectivity index (χ1) is 61.1. The number of nitrogens with zero attached hydrogens (tertiary/aromatic N) is 24. The summed E-state index contributed by atoms with van der Waals surface area (Å²) in [5.41, 5.74) is 20.1. The third kappa shape index (κ3) is 17.9. The number of imidazole rings is 5. The molecule has 0 unspecified atom stereocenters. The molecule has 9 aliphatic rings. The highest BCUT2D eigenvalue weighted by Gasteiger charge is 2.55. The van der Waals surface area contributed by atoms with Crippen LogP contribution < -0.4 is 47.4 Å². The molecule has 9 fully saturated rings. The number of nitrogen functional groups attached to an aromatic ring is 3. The van der Waals surface area contributed by atoms with Gasteiger partial charge in [0, 0.05) is 81.9 Å². The topological polar surface area (TPSA) is 535 Å². The highest BCUT2D eigenvalue weighted by molar-refractivity contribution is 6.33. The van der Waals surface area contributed by atoms with Crippen LogP contribution in [-0.4, -0.2) is 292 Å². The fraction of sp³-hybridized carbons (Fsp3) is 0.662. The Bertz CT molecular complexity index is 5500. The largest absolute Gasteiger partial charge is 0.394 e. The zero-order valence-electron chi connectivity index (χ0n) is 73.0. The summed E-state index contributed by atoms with van der Waals surface area (Å²) in [5, 5.41) is 62.7. The molecule has 10 aromatic rings. The standard InChI is InChI=1S/C20H29FN6O4.C20H29FN6O2.C16H23FN6O.C14H19FN6O3.C10H11ClFN5O3/c1-10(2)17(30)25-19-23-15(26(4)12-5-6-12)14-16(24-19)27(9-22-14)18-13(21)11(3)20(7-28,8-29)31-18;1-6-13-11(4)14(21)19(29-13)27-9-22-15-16(26(5)12-7-8-12)23-20(24-17(15)27)25-18(28)10(2)3;1-4-10-8(2)11(17)15(24-10)23-7-19-12-13(22(3)9-5-6-9)20-16(18)21-14(12)23;1-20(6-2-3-6)11-9-12(19-14(16)18-11)21(5-17-9)13-8(15)10(23)7(4-22)24-13;11-7-5-8(16-10(13)15-7)17(2-14-5)9-4(12)6(19)3(1-18)20-9/h9-13,18,28-29H,5-8H2,1-4H3,(H,23,24,25,30);9-14,19H,6-8H2,1-5H3,(H,23,24,25,28);7-11,15H,4-6H2,1-3H3,(H2,18,20,21);5-8,10,13,22-23H,2-4H2,1H3,(H2,16,18,19);2-4,6,9,18-19H,1H2,(H2,13,15,16)/t11-,13+,18+;11-,13-,14-,19-;8-,10-,11-,15-;7-,8-,10-,13-;3-,4-,6-,9-/m01111/s1. The number of alkyl halides is 5. The minimum absolute atomic E-state index is 0.0407. The average molecular weight is 1820 g/mol. The van der Waals surface area contributed by atoms with Crippen LogP contribution in [0.25, 0.3) is 55.8 Å². The van der Waals surface area contributed by atoms with Crippen LogP contribution in [0.15, 0.2) is 31.6 Å². The number of fused-ring (bicyclic) bond motifs is 5. The lowest BCUT2D eigenvalue weighted by molar-refractivity contribution is -0.134. The summed E-state index contributed by atoms with van der Waals surface area (Å²) in [5.74, 6) is 0.919.